The fourth-order valence-corrected chi connectivity index (χ4v) is 1.74. The van der Waals surface area contributed by atoms with E-state index >= 15 is 0 Å². The van der Waals surface area contributed by atoms with Crippen molar-refractivity contribution < 1.29 is 17.9 Å². The Kier molecular flexibility index (Phi) is 5.20. The van der Waals surface area contributed by atoms with E-state index in [4.69, 9.17) is 4.74 Å². The number of hydrogen-bond acceptors (Lipinski definition) is 1. The molecule has 0 heterocycles. The predicted octanol–water partition coefficient (Wildman–Crippen LogP) is 4.84. The quantitative estimate of drug-likeness (QED) is 0.736. The molecule has 1 aromatic rings. The number of hydrogen-bond donors (Lipinski definition) is 0. The lowest BCUT2D eigenvalue weighted by atomic mass is 9.99. The summed E-state index contributed by atoms with van der Waals surface area (Å²) in [7, 11) is 0. The van der Waals surface area contributed by atoms with Gasteiger partial charge in [0.25, 0.3) is 0 Å². The summed E-state index contributed by atoms with van der Waals surface area (Å²) in [6.07, 6.45) is -4.24. The van der Waals surface area contributed by atoms with E-state index in [-0.39, 0.29) is 0 Å². The molecule has 18 heavy (non-hydrogen) atoms. The average Bonchev–Trinajstić information content (AvgIpc) is 2.29. The molecule has 0 aromatic heterocycles. The lowest BCUT2D eigenvalue weighted by molar-refractivity contribution is -0.186. The van der Waals surface area contributed by atoms with Crippen LogP contribution in [0.25, 0.3) is 0 Å². The van der Waals surface area contributed by atoms with Crippen molar-refractivity contribution in [2.45, 2.75) is 45.4 Å². The summed E-state index contributed by atoms with van der Waals surface area (Å²) in [6.45, 7) is 4.77. The molecule has 0 fully saturated rings. The summed E-state index contributed by atoms with van der Waals surface area (Å²) < 4.78 is 41.3. The van der Waals surface area contributed by atoms with Crippen molar-refractivity contribution in [1.29, 1.82) is 0 Å². The number of rotatable bonds is 5. The van der Waals surface area contributed by atoms with E-state index in [2.05, 4.69) is 13.8 Å². The van der Waals surface area contributed by atoms with Gasteiger partial charge in [-0.2, -0.15) is 13.2 Å². The van der Waals surface area contributed by atoms with Gasteiger partial charge < -0.3 is 4.74 Å². The van der Waals surface area contributed by atoms with Crippen LogP contribution in [-0.2, 0) is 4.74 Å². The first-order valence-corrected chi connectivity index (χ1v) is 6.11. The molecule has 4 heteroatoms. The van der Waals surface area contributed by atoms with Gasteiger partial charge in [-0.05, 0) is 23.5 Å². The highest BCUT2D eigenvalue weighted by molar-refractivity contribution is 5.26. The third-order valence-corrected chi connectivity index (χ3v) is 2.79. The van der Waals surface area contributed by atoms with Gasteiger partial charge in [0.15, 0.2) is 0 Å². The van der Waals surface area contributed by atoms with Crippen LogP contribution in [0.1, 0.15) is 50.3 Å². The molecule has 0 amide bonds. The summed E-state index contributed by atoms with van der Waals surface area (Å²) in [5.74, 6) is 0.412. The van der Waals surface area contributed by atoms with Crippen LogP contribution in [0.2, 0.25) is 0 Å². The normalized spacial score (nSPS) is 13.9. The lowest BCUT2D eigenvalue weighted by Crippen LogP contribution is -2.19. The van der Waals surface area contributed by atoms with E-state index < -0.39 is 18.9 Å². The minimum atomic E-state index is -4.27. The van der Waals surface area contributed by atoms with Gasteiger partial charge in [-0.1, -0.05) is 45.0 Å². The van der Waals surface area contributed by atoms with Gasteiger partial charge in [0.1, 0.15) is 6.61 Å². The molecule has 1 nitrogen and oxygen atoms in total. The van der Waals surface area contributed by atoms with Crippen LogP contribution in [0, 0.1) is 0 Å². The third-order valence-electron chi connectivity index (χ3n) is 2.79. The second-order valence-corrected chi connectivity index (χ2v) is 4.64. The Balaban J connectivity index is 2.70. The number of alkyl halides is 3. The molecule has 0 saturated heterocycles. The second-order valence-electron chi connectivity index (χ2n) is 4.64. The molecule has 1 aromatic carbocycles. The SMILES string of the molecule is CCC(OCC(F)(F)F)c1ccc(C(C)C)cc1. The first kappa shape index (κ1) is 15.0. The van der Waals surface area contributed by atoms with Crippen LogP contribution in [0.3, 0.4) is 0 Å². The maximum atomic E-state index is 12.1. The van der Waals surface area contributed by atoms with Crippen LogP contribution in [0.15, 0.2) is 24.3 Å². The van der Waals surface area contributed by atoms with Crippen molar-refractivity contribution in [1.82, 2.24) is 0 Å². The van der Waals surface area contributed by atoms with E-state index in [0.717, 1.165) is 5.56 Å². The Bertz CT molecular complexity index is 354. The van der Waals surface area contributed by atoms with Crippen LogP contribution in [0.4, 0.5) is 13.2 Å². The fourth-order valence-electron chi connectivity index (χ4n) is 1.74. The molecule has 1 unspecified atom stereocenters. The molecule has 0 saturated carbocycles. The number of benzene rings is 1. The molecule has 0 radical (unpaired) electrons. The van der Waals surface area contributed by atoms with Crippen molar-refractivity contribution >= 4 is 0 Å². The summed E-state index contributed by atoms with van der Waals surface area (Å²) in [5, 5.41) is 0. The third kappa shape index (κ3) is 4.69. The van der Waals surface area contributed by atoms with Gasteiger partial charge in [-0.25, -0.2) is 0 Å². The molecule has 0 spiro atoms. The van der Waals surface area contributed by atoms with Crippen molar-refractivity contribution in [2.24, 2.45) is 0 Å². The van der Waals surface area contributed by atoms with Crippen molar-refractivity contribution in [3.63, 3.8) is 0 Å². The molecule has 1 atom stereocenters. The highest BCUT2D eigenvalue weighted by atomic mass is 19.4. The molecule has 0 aliphatic carbocycles. The fraction of sp³-hybridized carbons (Fsp3) is 0.571. The van der Waals surface area contributed by atoms with E-state index in [1.807, 2.05) is 31.2 Å². The maximum Gasteiger partial charge on any atom is 0.411 e. The van der Waals surface area contributed by atoms with E-state index in [0.29, 0.717) is 12.3 Å². The molecule has 102 valence electrons. The van der Waals surface area contributed by atoms with Crippen molar-refractivity contribution in [3.8, 4) is 0 Å². The van der Waals surface area contributed by atoms with Gasteiger partial charge >= 0.3 is 6.18 Å². The van der Waals surface area contributed by atoms with Crippen LogP contribution < -0.4 is 0 Å². The summed E-state index contributed by atoms with van der Waals surface area (Å²) in [5.41, 5.74) is 1.97. The zero-order chi connectivity index (χ0) is 13.8. The smallest absolute Gasteiger partial charge is 0.364 e. The van der Waals surface area contributed by atoms with Gasteiger partial charge in [-0.3, -0.25) is 0 Å². The summed E-state index contributed by atoms with van der Waals surface area (Å²) in [6, 6.07) is 7.58. The second kappa shape index (κ2) is 6.23. The highest BCUT2D eigenvalue weighted by Gasteiger charge is 2.29. The van der Waals surface area contributed by atoms with Gasteiger partial charge in [0.05, 0.1) is 6.10 Å². The van der Waals surface area contributed by atoms with Crippen LogP contribution in [0.5, 0.6) is 0 Å². The minimum Gasteiger partial charge on any atom is -0.364 e. The van der Waals surface area contributed by atoms with E-state index in [9.17, 15) is 13.2 Å². The Hall–Kier alpha value is -1.03. The first-order chi connectivity index (χ1) is 8.33. The maximum absolute atomic E-state index is 12.1. The van der Waals surface area contributed by atoms with Crippen molar-refractivity contribution in [3.05, 3.63) is 35.4 Å². The molecular formula is C14H19F3O. The van der Waals surface area contributed by atoms with E-state index in [1.54, 1.807) is 0 Å². The van der Waals surface area contributed by atoms with Gasteiger partial charge in [0.2, 0.25) is 0 Å². The monoisotopic (exact) mass is 260 g/mol. The Labute approximate surface area is 106 Å². The first-order valence-electron chi connectivity index (χ1n) is 6.11. The molecule has 1 rings (SSSR count). The summed E-state index contributed by atoms with van der Waals surface area (Å²) >= 11 is 0. The topological polar surface area (TPSA) is 9.23 Å². The molecule has 0 bridgehead atoms. The zero-order valence-corrected chi connectivity index (χ0v) is 10.9. The molecule has 0 aliphatic heterocycles. The standard InChI is InChI=1S/C14H19F3O/c1-4-13(18-9-14(15,16)17)12-7-5-11(6-8-12)10(2)3/h5-8,10,13H,4,9H2,1-3H3. The van der Waals surface area contributed by atoms with Crippen molar-refractivity contribution in [2.75, 3.05) is 6.61 Å². The number of halogens is 3. The molecular weight excluding hydrogens is 241 g/mol. The zero-order valence-electron chi connectivity index (χ0n) is 10.9. The van der Waals surface area contributed by atoms with Gasteiger partial charge in [-0.15, -0.1) is 0 Å². The average molecular weight is 260 g/mol. The lowest BCUT2D eigenvalue weighted by Gasteiger charge is -2.18. The minimum absolute atomic E-state index is 0.412. The Morgan fingerprint density at radius 2 is 1.56 bits per heavy atom. The van der Waals surface area contributed by atoms with E-state index in [1.165, 1.54) is 5.56 Å². The molecule has 0 aliphatic rings. The van der Waals surface area contributed by atoms with Gasteiger partial charge in [0, 0.05) is 0 Å². The Morgan fingerprint density at radius 3 is 1.94 bits per heavy atom. The Morgan fingerprint density at radius 1 is 1.06 bits per heavy atom. The number of ether oxygens (including phenoxy) is 1. The largest absolute Gasteiger partial charge is 0.411 e. The summed E-state index contributed by atoms with van der Waals surface area (Å²) in [4.78, 5) is 0. The van der Waals surface area contributed by atoms with Crippen LogP contribution >= 0.6 is 0 Å². The predicted molar refractivity (Wildman–Crippen MR) is 65.6 cm³/mol. The highest BCUT2D eigenvalue weighted by Crippen LogP contribution is 2.26. The molecule has 0 N–H and O–H groups in total. The van der Waals surface area contributed by atoms with Crippen LogP contribution in [-0.4, -0.2) is 12.8 Å².